The van der Waals surface area contributed by atoms with Gasteiger partial charge in [0.15, 0.2) is 0 Å². The monoisotopic (exact) mass is 344 g/mol. The number of nitrogens with one attached hydrogen (secondary N) is 1. The summed E-state index contributed by atoms with van der Waals surface area (Å²) in [5, 5.41) is 2.21. The van der Waals surface area contributed by atoms with Crippen molar-refractivity contribution < 1.29 is 18.4 Å². The van der Waals surface area contributed by atoms with Gasteiger partial charge in [-0.2, -0.15) is 0 Å². The second-order valence-electron chi connectivity index (χ2n) is 6.51. The van der Waals surface area contributed by atoms with Crippen LogP contribution in [0, 0.1) is 17.0 Å². The van der Waals surface area contributed by atoms with E-state index in [1.807, 2.05) is 24.3 Å². The molecule has 25 heavy (non-hydrogen) atoms. The predicted octanol–water partition coefficient (Wildman–Crippen LogP) is 3.52. The van der Waals surface area contributed by atoms with Crippen LogP contribution in [0.3, 0.4) is 0 Å². The highest BCUT2D eigenvalue weighted by Crippen LogP contribution is 2.32. The Morgan fingerprint density at radius 2 is 1.68 bits per heavy atom. The number of hydrogen-bond acceptors (Lipinski definition) is 2. The van der Waals surface area contributed by atoms with E-state index in [1.54, 1.807) is 4.90 Å². The first-order valence-corrected chi connectivity index (χ1v) is 7.97. The van der Waals surface area contributed by atoms with Crippen molar-refractivity contribution in [1.29, 1.82) is 0 Å². The third-order valence-electron chi connectivity index (χ3n) is 4.44. The lowest BCUT2D eigenvalue weighted by atomic mass is 9.90. The van der Waals surface area contributed by atoms with Crippen molar-refractivity contribution in [3.8, 4) is 0 Å². The van der Waals surface area contributed by atoms with Crippen molar-refractivity contribution in [3.63, 3.8) is 0 Å². The van der Waals surface area contributed by atoms with E-state index in [2.05, 4.69) is 5.32 Å². The van der Waals surface area contributed by atoms with Gasteiger partial charge in [-0.3, -0.25) is 9.59 Å². The Hall–Kier alpha value is -2.76. The SMILES string of the molecule is CC(C)(C(=O)Nc1c(F)cccc1F)C(=O)N1CCc2ccccc21. The van der Waals surface area contributed by atoms with E-state index in [0.717, 1.165) is 23.4 Å². The minimum absolute atomic E-state index is 0.410. The highest BCUT2D eigenvalue weighted by Gasteiger charge is 2.41. The number of carbonyl (C=O) groups is 2. The van der Waals surface area contributed by atoms with Gasteiger partial charge in [0.25, 0.3) is 0 Å². The molecule has 0 aromatic heterocycles. The molecule has 3 rings (SSSR count). The zero-order valence-electron chi connectivity index (χ0n) is 14.0. The molecule has 0 fully saturated rings. The maximum absolute atomic E-state index is 13.7. The third kappa shape index (κ3) is 2.99. The van der Waals surface area contributed by atoms with Gasteiger partial charge < -0.3 is 10.2 Å². The van der Waals surface area contributed by atoms with Crippen LogP contribution in [-0.4, -0.2) is 18.4 Å². The maximum Gasteiger partial charge on any atom is 0.242 e. The van der Waals surface area contributed by atoms with Crippen molar-refractivity contribution in [3.05, 3.63) is 59.7 Å². The van der Waals surface area contributed by atoms with Crippen molar-refractivity contribution in [2.75, 3.05) is 16.8 Å². The highest BCUT2D eigenvalue weighted by atomic mass is 19.1. The molecule has 0 bridgehead atoms. The van der Waals surface area contributed by atoms with Crippen LogP contribution in [0.25, 0.3) is 0 Å². The summed E-state index contributed by atoms with van der Waals surface area (Å²) in [6.45, 7) is 3.37. The van der Waals surface area contributed by atoms with E-state index in [9.17, 15) is 18.4 Å². The number of amides is 2. The van der Waals surface area contributed by atoms with Gasteiger partial charge in [0, 0.05) is 12.2 Å². The number of hydrogen-bond donors (Lipinski definition) is 1. The quantitative estimate of drug-likeness (QED) is 0.866. The molecule has 1 aliphatic rings. The molecule has 2 amide bonds. The number of para-hydroxylation sites is 2. The first-order chi connectivity index (χ1) is 11.8. The Kier molecular flexibility index (Phi) is 4.29. The van der Waals surface area contributed by atoms with Gasteiger partial charge in [-0.15, -0.1) is 0 Å². The molecule has 0 saturated carbocycles. The molecule has 0 atom stereocenters. The van der Waals surface area contributed by atoms with Gasteiger partial charge >= 0.3 is 0 Å². The largest absolute Gasteiger partial charge is 0.320 e. The Morgan fingerprint density at radius 3 is 2.36 bits per heavy atom. The molecule has 1 heterocycles. The molecule has 1 aliphatic heterocycles. The smallest absolute Gasteiger partial charge is 0.242 e. The van der Waals surface area contributed by atoms with E-state index < -0.39 is 34.6 Å². The van der Waals surface area contributed by atoms with E-state index in [0.29, 0.717) is 13.0 Å². The maximum atomic E-state index is 13.7. The summed E-state index contributed by atoms with van der Waals surface area (Å²) >= 11 is 0. The number of halogens is 2. The average Bonchev–Trinajstić information content (AvgIpc) is 3.01. The van der Waals surface area contributed by atoms with Gasteiger partial charge in [0.05, 0.1) is 0 Å². The van der Waals surface area contributed by atoms with E-state index in [-0.39, 0.29) is 0 Å². The van der Waals surface area contributed by atoms with E-state index in [4.69, 9.17) is 0 Å². The second kappa shape index (κ2) is 6.27. The molecule has 6 heteroatoms. The lowest BCUT2D eigenvalue weighted by Gasteiger charge is -2.28. The van der Waals surface area contributed by atoms with Gasteiger partial charge in [-0.1, -0.05) is 24.3 Å². The Bertz CT molecular complexity index is 829. The van der Waals surface area contributed by atoms with Crippen LogP contribution in [-0.2, 0) is 16.0 Å². The zero-order valence-corrected chi connectivity index (χ0v) is 14.0. The Labute approximate surface area is 144 Å². The molecule has 130 valence electrons. The first-order valence-electron chi connectivity index (χ1n) is 7.97. The first kappa shape index (κ1) is 17.1. The molecule has 0 spiro atoms. The fourth-order valence-electron chi connectivity index (χ4n) is 2.87. The van der Waals surface area contributed by atoms with Crippen LogP contribution in [0.4, 0.5) is 20.2 Å². The molecule has 0 saturated heterocycles. The summed E-state index contributed by atoms with van der Waals surface area (Å²) in [5.74, 6) is -2.94. The predicted molar refractivity (Wildman–Crippen MR) is 91.3 cm³/mol. The Morgan fingerprint density at radius 1 is 1.04 bits per heavy atom. The summed E-state index contributed by atoms with van der Waals surface area (Å²) < 4.78 is 27.5. The third-order valence-corrected chi connectivity index (χ3v) is 4.44. The fourth-order valence-corrected chi connectivity index (χ4v) is 2.87. The molecule has 0 radical (unpaired) electrons. The number of rotatable bonds is 3. The van der Waals surface area contributed by atoms with Crippen LogP contribution in [0.15, 0.2) is 42.5 Å². The van der Waals surface area contributed by atoms with E-state index in [1.165, 1.54) is 19.9 Å². The van der Waals surface area contributed by atoms with Crippen LogP contribution in [0.1, 0.15) is 19.4 Å². The molecule has 2 aromatic rings. The molecular formula is C19H18F2N2O2. The summed E-state index contributed by atoms with van der Waals surface area (Å²) in [6.07, 6.45) is 0.710. The van der Waals surface area contributed by atoms with Gasteiger partial charge in [-0.25, -0.2) is 8.78 Å². The minimum atomic E-state index is -1.48. The van der Waals surface area contributed by atoms with Crippen LogP contribution in [0.5, 0.6) is 0 Å². The van der Waals surface area contributed by atoms with Crippen molar-refractivity contribution in [2.45, 2.75) is 20.3 Å². The van der Waals surface area contributed by atoms with Crippen molar-refractivity contribution >= 4 is 23.2 Å². The summed E-state index contributed by atoms with van der Waals surface area (Å²) in [5.41, 5.74) is -0.223. The minimum Gasteiger partial charge on any atom is -0.320 e. The number of nitrogens with zero attached hydrogens (tertiary/aromatic N) is 1. The lowest BCUT2D eigenvalue weighted by Crippen LogP contribution is -2.47. The summed E-state index contributed by atoms with van der Waals surface area (Å²) in [7, 11) is 0. The standard InChI is InChI=1S/C19H18F2N2O2/c1-19(2,17(24)22-16-13(20)7-5-8-14(16)21)18(25)23-11-10-12-6-3-4-9-15(12)23/h3-9H,10-11H2,1-2H3,(H,22,24). The number of fused-ring (bicyclic) bond motifs is 1. The average molecular weight is 344 g/mol. The number of benzene rings is 2. The highest BCUT2D eigenvalue weighted by molar-refractivity contribution is 6.15. The number of anilines is 2. The molecule has 0 unspecified atom stereocenters. The van der Waals surface area contributed by atoms with Crippen LogP contribution >= 0.6 is 0 Å². The summed E-state index contributed by atoms with van der Waals surface area (Å²) in [4.78, 5) is 27.0. The van der Waals surface area contributed by atoms with Crippen molar-refractivity contribution in [2.24, 2.45) is 5.41 Å². The second-order valence-corrected chi connectivity index (χ2v) is 6.51. The topological polar surface area (TPSA) is 49.4 Å². The fraction of sp³-hybridized carbons (Fsp3) is 0.263. The molecule has 0 aliphatic carbocycles. The van der Waals surface area contributed by atoms with Gasteiger partial charge in [0.1, 0.15) is 22.7 Å². The van der Waals surface area contributed by atoms with Gasteiger partial charge in [-0.05, 0) is 44.0 Å². The van der Waals surface area contributed by atoms with Crippen LogP contribution < -0.4 is 10.2 Å². The molecule has 4 nitrogen and oxygen atoms in total. The van der Waals surface area contributed by atoms with Crippen LogP contribution in [0.2, 0.25) is 0 Å². The Balaban J connectivity index is 1.84. The molecular weight excluding hydrogens is 326 g/mol. The normalized spacial score (nSPS) is 13.5. The van der Waals surface area contributed by atoms with Gasteiger partial charge in [0.2, 0.25) is 11.8 Å². The van der Waals surface area contributed by atoms with Crippen molar-refractivity contribution in [1.82, 2.24) is 0 Å². The molecule has 2 aromatic carbocycles. The van der Waals surface area contributed by atoms with E-state index >= 15 is 0 Å². The zero-order chi connectivity index (χ0) is 18.2. The molecule has 1 N–H and O–H groups in total. The summed E-state index contributed by atoms with van der Waals surface area (Å²) in [6, 6.07) is 10.8. The lowest BCUT2D eigenvalue weighted by molar-refractivity contribution is -0.136. The number of carbonyl (C=O) groups excluding carboxylic acids is 2.